The molecule has 0 aliphatic carbocycles. The number of aromatic nitrogens is 2. The number of pyridine rings is 2. The molecule has 0 aliphatic heterocycles. The lowest BCUT2D eigenvalue weighted by atomic mass is 10.2. The van der Waals surface area contributed by atoms with Gasteiger partial charge in [0.25, 0.3) is 0 Å². The molecule has 18 heavy (non-hydrogen) atoms. The van der Waals surface area contributed by atoms with Crippen molar-refractivity contribution < 1.29 is 4.74 Å². The van der Waals surface area contributed by atoms with E-state index in [0.29, 0.717) is 12.5 Å². The summed E-state index contributed by atoms with van der Waals surface area (Å²) in [7, 11) is 1.91. The lowest BCUT2D eigenvalue weighted by Crippen LogP contribution is -2.10. The molecule has 0 amide bonds. The molecule has 0 atom stereocenters. The van der Waals surface area contributed by atoms with Crippen LogP contribution in [0, 0.1) is 0 Å². The quantitative estimate of drug-likeness (QED) is 0.840. The first-order chi connectivity index (χ1) is 8.90. The molecule has 0 saturated carbocycles. The summed E-state index contributed by atoms with van der Waals surface area (Å²) in [5.41, 5.74) is 2.10. The fourth-order valence-electron chi connectivity index (χ4n) is 1.68. The third-order valence-electron chi connectivity index (χ3n) is 2.54. The lowest BCUT2D eigenvalue weighted by Gasteiger charge is -2.09. The van der Waals surface area contributed by atoms with Crippen LogP contribution in [0.4, 0.5) is 0 Å². The molecule has 0 bridgehead atoms. The number of nitrogens with one attached hydrogen (secondary N) is 1. The van der Waals surface area contributed by atoms with Crippen molar-refractivity contribution in [2.75, 3.05) is 13.7 Å². The average molecular weight is 243 g/mol. The second-order valence-electron chi connectivity index (χ2n) is 3.92. The monoisotopic (exact) mass is 243 g/mol. The van der Waals surface area contributed by atoms with Gasteiger partial charge in [0.05, 0.1) is 6.61 Å². The molecule has 0 aromatic carbocycles. The summed E-state index contributed by atoms with van der Waals surface area (Å²) in [6, 6.07) is 9.82. The Hall–Kier alpha value is -1.94. The minimum Gasteiger partial charge on any atom is -0.477 e. The summed E-state index contributed by atoms with van der Waals surface area (Å²) >= 11 is 0. The molecule has 4 nitrogen and oxygen atoms in total. The van der Waals surface area contributed by atoms with Gasteiger partial charge in [-0.15, -0.1) is 0 Å². The van der Waals surface area contributed by atoms with E-state index in [-0.39, 0.29) is 0 Å². The molecule has 94 valence electrons. The Balaban J connectivity index is 1.90. The molecule has 1 N–H and O–H groups in total. The standard InChI is InChI=1S/C14H17N3O/c1-15-11-12-5-4-9-17-14(12)18-10-7-13-6-2-3-8-16-13/h2-6,8-9,15H,7,10-11H2,1H3. The van der Waals surface area contributed by atoms with Gasteiger partial charge in [0.15, 0.2) is 0 Å². The zero-order valence-corrected chi connectivity index (χ0v) is 10.5. The first kappa shape index (κ1) is 12.5. The van der Waals surface area contributed by atoms with E-state index >= 15 is 0 Å². The predicted octanol–water partition coefficient (Wildman–Crippen LogP) is 1.82. The lowest BCUT2D eigenvalue weighted by molar-refractivity contribution is 0.304. The molecule has 0 fully saturated rings. The van der Waals surface area contributed by atoms with E-state index in [1.165, 1.54) is 0 Å². The van der Waals surface area contributed by atoms with Crippen molar-refractivity contribution in [3.63, 3.8) is 0 Å². The van der Waals surface area contributed by atoms with Crippen LogP contribution >= 0.6 is 0 Å². The van der Waals surface area contributed by atoms with Crippen LogP contribution in [0.5, 0.6) is 5.88 Å². The van der Waals surface area contributed by atoms with Gasteiger partial charge in [-0.3, -0.25) is 4.98 Å². The first-order valence-electron chi connectivity index (χ1n) is 6.01. The van der Waals surface area contributed by atoms with Crippen LogP contribution in [-0.4, -0.2) is 23.6 Å². The van der Waals surface area contributed by atoms with Gasteiger partial charge in [-0.2, -0.15) is 0 Å². The maximum absolute atomic E-state index is 5.70. The van der Waals surface area contributed by atoms with Gasteiger partial charge in [0.2, 0.25) is 5.88 Å². The van der Waals surface area contributed by atoms with Gasteiger partial charge >= 0.3 is 0 Å². The second-order valence-corrected chi connectivity index (χ2v) is 3.92. The van der Waals surface area contributed by atoms with Crippen LogP contribution in [0.1, 0.15) is 11.3 Å². The van der Waals surface area contributed by atoms with Crippen molar-refractivity contribution in [2.24, 2.45) is 0 Å². The number of nitrogens with zero attached hydrogens (tertiary/aromatic N) is 2. The molecule has 2 rings (SSSR count). The zero-order chi connectivity index (χ0) is 12.6. The SMILES string of the molecule is CNCc1cccnc1OCCc1ccccn1. The number of hydrogen-bond donors (Lipinski definition) is 1. The predicted molar refractivity (Wildman–Crippen MR) is 70.4 cm³/mol. The minimum atomic E-state index is 0.588. The highest BCUT2D eigenvalue weighted by Gasteiger charge is 2.03. The molecule has 0 radical (unpaired) electrons. The summed E-state index contributed by atoms with van der Waals surface area (Å²) in [5.74, 6) is 0.697. The van der Waals surface area contributed by atoms with Crippen molar-refractivity contribution in [3.05, 3.63) is 54.0 Å². The van der Waals surface area contributed by atoms with Crippen molar-refractivity contribution in [1.29, 1.82) is 0 Å². The van der Waals surface area contributed by atoms with Crippen LogP contribution in [0.2, 0.25) is 0 Å². The topological polar surface area (TPSA) is 47.0 Å². The van der Waals surface area contributed by atoms with E-state index in [9.17, 15) is 0 Å². The molecule has 0 aliphatic rings. The van der Waals surface area contributed by atoms with Gasteiger partial charge in [0, 0.05) is 36.6 Å². The van der Waals surface area contributed by atoms with Crippen LogP contribution in [0.25, 0.3) is 0 Å². The van der Waals surface area contributed by atoms with E-state index in [2.05, 4.69) is 15.3 Å². The average Bonchev–Trinajstić information content (AvgIpc) is 2.42. The van der Waals surface area contributed by atoms with Gasteiger partial charge in [0.1, 0.15) is 0 Å². The molecule has 2 aromatic rings. The Bertz CT molecular complexity index is 473. The van der Waals surface area contributed by atoms with Crippen molar-refractivity contribution in [1.82, 2.24) is 15.3 Å². The van der Waals surface area contributed by atoms with Crippen LogP contribution in [0.3, 0.4) is 0 Å². The Morgan fingerprint density at radius 2 is 2.00 bits per heavy atom. The van der Waals surface area contributed by atoms with E-state index in [4.69, 9.17) is 4.74 Å². The molecular formula is C14H17N3O. The summed E-state index contributed by atoms with van der Waals surface area (Å²) in [6.45, 7) is 1.34. The Labute approximate surface area is 107 Å². The zero-order valence-electron chi connectivity index (χ0n) is 10.5. The van der Waals surface area contributed by atoms with Gasteiger partial charge < -0.3 is 10.1 Å². The molecular weight excluding hydrogens is 226 g/mol. The minimum absolute atomic E-state index is 0.588. The Kier molecular flexibility index (Phi) is 4.67. The van der Waals surface area contributed by atoms with Gasteiger partial charge in [-0.05, 0) is 25.2 Å². The maximum atomic E-state index is 5.70. The maximum Gasteiger partial charge on any atom is 0.217 e. The number of rotatable bonds is 6. The van der Waals surface area contributed by atoms with E-state index in [1.807, 2.05) is 37.4 Å². The van der Waals surface area contributed by atoms with Crippen molar-refractivity contribution in [3.8, 4) is 5.88 Å². The molecule has 2 heterocycles. The van der Waals surface area contributed by atoms with Gasteiger partial charge in [-0.25, -0.2) is 4.98 Å². The summed E-state index contributed by atoms with van der Waals surface area (Å²) < 4.78 is 5.70. The van der Waals surface area contributed by atoms with E-state index in [0.717, 1.165) is 24.2 Å². The third kappa shape index (κ3) is 3.53. The fourth-order valence-corrected chi connectivity index (χ4v) is 1.68. The smallest absolute Gasteiger partial charge is 0.217 e. The largest absolute Gasteiger partial charge is 0.477 e. The van der Waals surface area contributed by atoms with Crippen LogP contribution in [-0.2, 0) is 13.0 Å². The molecule has 4 heteroatoms. The fraction of sp³-hybridized carbons (Fsp3) is 0.286. The molecule has 0 saturated heterocycles. The highest BCUT2D eigenvalue weighted by molar-refractivity contribution is 5.25. The summed E-state index contributed by atoms with van der Waals surface area (Å²) in [6.07, 6.45) is 4.33. The molecule has 2 aromatic heterocycles. The van der Waals surface area contributed by atoms with Crippen molar-refractivity contribution in [2.45, 2.75) is 13.0 Å². The first-order valence-corrected chi connectivity index (χ1v) is 6.01. The summed E-state index contributed by atoms with van der Waals surface area (Å²) in [5, 5.41) is 3.10. The number of hydrogen-bond acceptors (Lipinski definition) is 4. The second kappa shape index (κ2) is 6.71. The highest BCUT2D eigenvalue weighted by atomic mass is 16.5. The summed E-state index contributed by atoms with van der Waals surface area (Å²) in [4.78, 5) is 8.50. The Morgan fingerprint density at radius 3 is 2.78 bits per heavy atom. The third-order valence-corrected chi connectivity index (χ3v) is 2.54. The highest BCUT2D eigenvalue weighted by Crippen LogP contribution is 2.14. The molecule has 0 unspecified atom stereocenters. The number of ether oxygens (including phenoxy) is 1. The van der Waals surface area contributed by atoms with Crippen LogP contribution < -0.4 is 10.1 Å². The van der Waals surface area contributed by atoms with Gasteiger partial charge in [-0.1, -0.05) is 12.1 Å². The normalized spacial score (nSPS) is 10.3. The van der Waals surface area contributed by atoms with E-state index < -0.39 is 0 Å². The van der Waals surface area contributed by atoms with E-state index in [1.54, 1.807) is 12.4 Å². The Morgan fingerprint density at radius 1 is 1.11 bits per heavy atom. The van der Waals surface area contributed by atoms with Crippen LogP contribution in [0.15, 0.2) is 42.7 Å². The van der Waals surface area contributed by atoms with Crippen molar-refractivity contribution >= 4 is 0 Å². The molecule has 0 spiro atoms.